The van der Waals surface area contributed by atoms with Crippen molar-refractivity contribution in [3.05, 3.63) is 70.1 Å². The molecule has 0 bridgehead atoms. The molecule has 100 valence electrons. The van der Waals surface area contributed by atoms with Gasteiger partial charge in [-0.2, -0.15) is 0 Å². The summed E-state index contributed by atoms with van der Waals surface area (Å²) in [4.78, 5) is 12.2. The summed E-state index contributed by atoms with van der Waals surface area (Å²) in [6.07, 6.45) is 0. The van der Waals surface area contributed by atoms with E-state index in [1.165, 1.54) is 18.2 Å². The zero-order chi connectivity index (χ0) is 14.1. The molecule has 20 heavy (non-hydrogen) atoms. The minimum absolute atomic E-state index is 0.131. The largest absolute Gasteiger partial charge is 0.455 e. The van der Waals surface area contributed by atoms with Crippen LogP contribution in [0.2, 0.25) is 0 Å². The predicted molar refractivity (Wildman–Crippen MR) is 80.5 cm³/mol. The van der Waals surface area contributed by atoms with Crippen LogP contribution in [0.3, 0.4) is 0 Å². The van der Waals surface area contributed by atoms with E-state index >= 15 is 0 Å². The van der Waals surface area contributed by atoms with Crippen molar-refractivity contribution >= 4 is 26.9 Å². The standard InChI is InChI=1S/C16H10BrFO2/c17-9-11-4-2-6-13-14(19)8-15(20-16(11)13)10-3-1-5-12(18)7-10/h1-8H,9H2. The number of para-hydroxylation sites is 1. The first-order chi connectivity index (χ1) is 9.69. The molecule has 1 heterocycles. The highest BCUT2D eigenvalue weighted by Gasteiger charge is 2.10. The fourth-order valence-corrected chi connectivity index (χ4v) is 2.57. The van der Waals surface area contributed by atoms with E-state index < -0.39 is 0 Å². The molecule has 0 N–H and O–H groups in total. The van der Waals surface area contributed by atoms with Crippen LogP contribution >= 0.6 is 15.9 Å². The zero-order valence-corrected chi connectivity index (χ0v) is 12.0. The third-order valence-electron chi connectivity index (χ3n) is 3.09. The minimum Gasteiger partial charge on any atom is -0.455 e. The highest BCUT2D eigenvalue weighted by atomic mass is 79.9. The molecule has 0 aliphatic carbocycles. The summed E-state index contributed by atoms with van der Waals surface area (Å²) < 4.78 is 19.1. The highest BCUT2D eigenvalue weighted by molar-refractivity contribution is 9.08. The van der Waals surface area contributed by atoms with Crippen molar-refractivity contribution in [1.29, 1.82) is 0 Å². The molecular formula is C16H10BrFO2. The Morgan fingerprint density at radius 3 is 2.65 bits per heavy atom. The Hall–Kier alpha value is -1.94. The molecule has 0 radical (unpaired) electrons. The van der Waals surface area contributed by atoms with E-state index in [-0.39, 0.29) is 11.2 Å². The first-order valence-electron chi connectivity index (χ1n) is 6.06. The van der Waals surface area contributed by atoms with E-state index in [9.17, 15) is 9.18 Å². The zero-order valence-electron chi connectivity index (χ0n) is 10.4. The lowest BCUT2D eigenvalue weighted by molar-refractivity contribution is 0.609. The van der Waals surface area contributed by atoms with Crippen LogP contribution in [0.15, 0.2) is 57.7 Å². The van der Waals surface area contributed by atoms with Crippen molar-refractivity contribution in [1.82, 2.24) is 0 Å². The molecule has 3 rings (SSSR count). The summed E-state index contributed by atoms with van der Waals surface area (Å²) in [5, 5.41) is 1.11. The second-order valence-electron chi connectivity index (χ2n) is 4.41. The van der Waals surface area contributed by atoms with Crippen molar-refractivity contribution < 1.29 is 8.81 Å². The maximum atomic E-state index is 13.3. The minimum atomic E-state index is -0.362. The highest BCUT2D eigenvalue weighted by Crippen LogP contribution is 2.25. The monoisotopic (exact) mass is 332 g/mol. The number of halogens is 2. The molecule has 0 amide bonds. The number of hydrogen-bond donors (Lipinski definition) is 0. The van der Waals surface area contributed by atoms with Crippen molar-refractivity contribution in [3.63, 3.8) is 0 Å². The molecular weight excluding hydrogens is 323 g/mol. The van der Waals surface area contributed by atoms with Gasteiger partial charge in [-0.3, -0.25) is 4.79 Å². The summed E-state index contributed by atoms with van der Waals surface area (Å²) in [6, 6.07) is 12.8. The van der Waals surface area contributed by atoms with E-state index in [0.29, 0.717) is 27.6 Å². The molecule has 0 atom stereocenters. The van der Waals surface area contributed by atoms with Crippen LogP contribution in [-0.4, -0.2) is 0 Å². The number of fused-ring (bicyclic) bond motifs is 1. The Balaban J connectivity index is 2.31. The third-order valence-corrected chi connectivity index (χ3v) is 3.69. The van der Waals surface area contributed by atoms with Crippen molar-refractivity contribution in [3.8, 4) is 11.3 Å². The number of hydrogen-bond acceptors (Lipinski definition) is 2. The van der Waals surface area contributed by atoms with Gasteiger partial charge < -0.3 is 4.42 Å². The second-order valence-corrected chi connectivity index (χ2v) is 4.97. The first kappa shape index (κ1) is 13.1. The molecule has 0 fully saturated rings. The molecule has 2 nitrogen and oxygen atoms in total. The lowest BCUT2D eigenvalue weighted by atomic mass is 10.1. The molecule has 2 aromatic carbocycles. The number of benzene rings is 2. The van der Waals surface area contributed by atoms with Crippen molar-refractivity contribution in [2.24, 2.45) is 0 Å². The Bertz CT molecular complexity index is 839. The molecule has 0 aliphatic heterocycles. The Morgan fingerprint density at radius 1 is 1.10 bits per heavy atom. The fourth-order valence-electron chi connectivity index (χ4n) is 2.12. The maximum Gasteiger partial charge on any atom is 0.193 e. The van der Waals surface area contributed by atoms with Crippen LogP contribution < -0.4 is 5.43 Å². The predicted octanol–water partition coefficient (Wildman–Crippen LogP) is 4.49. The van der Waals surface area contributed by atoms with E-state index in [0.717, 1.165) is 5.56 Å². The first-order valence-corrected chi connectivity index (χ1v) is 7.19. The Labute approximate surface area is 123 Å². The van der Waals surface area contributed by atoms with Gasteiger partial charge in [0.15, 0.2) is 5.43 Å². The summed E-state index contributed by atoms with van der Waals surface area (Å²) in [7, 11) is 0. The van der Waals surface area contributed by atoms with Crippen LogP contribution in [0.5, 0.6) is 0 Å². The molecule has 0 unspecified atom stereocenters. The average Bonchev–Trinajstić information content (AvgIpc) is 2.46. The van der Waals surface area contributed by atoms with Crippen LogP contribution in [-0.2, 0) is 5.33 Å². The van der Waals surface area contributed by atoms with Gasteiger partial charge in [0.2, 0.25) is 0 Å². The third kappa shape index (κ3) is 2.27. The molecule has 0 aliphatic rings. The number of rotatable bonds is 2. The summed E-state index contributed by atoms with van der Waals surface area (Å²) in [5.41, 5.74) is 1.84. The smallest absolute Gasteiger partial charge is 0.193 e. The van der Waals surface area contributed by atoms with Gasteiger partial charge in [-0.25, -0.2) is 4.39 Å². The lowest BCUT2D eigenvalue weighted by Crippen LogP contribution is -2.01. The van der Waals surface area contributed by atoms with Crippen molar-refractivity contribution in [2.45, 2.75) is 5.33 Å². The SMILES string of the molecule is O=c1cc(-c2cccc(F)c2)oc2c(CBr)cccc12. The number of alkyl halides is 1. The quantitative estimate of drug-likeness (QED) is 0.647. The topological polar surface area (TPSA) is 30.2 Å². The van der Waals surface area contributed by atoms with Gasteiger partial charge in [-0.05, 0) is 18.2 Å². The molecule has 4 heteroatoms. The van der Waals surface area contributed by atoms with E-state index in [1.807, 2.05) is 12.1 Å². The lowest BCUT2D eigenvalue weighted by Gasteiger charge is -2.06. The Morgan fingerprint density at radius 2 is 1.90 bits per heavy atom. The van der Waals surface area contributed by atoms with Gasteiger partial charge >= 0.3 is 0 Å². The fraction of sp³-hybridized carbons (Fsp3) is 0.0625. The van der Waals surface area contributed by atoms with Gasteiger partial charge in [0.1, 0.15) is 17.2 Å². The van der Waals surface area contributed by atoms with Crippen molar-refractivity contribution in [2.75, 3.05) is 0 Å². The molecule has 0 spiro atoms. The summed E-state index contributed by atoms with van der Waals surface area (Å²) >= 11 is 3.37. The van der Waals surface area contributed by atoms with E-state index in [4.69, 9.17) is 4.42 Å². The van der Waals surface area contributed by atoms with Crippen LogP contribution in [0.25, 0.3) is 22.3 Å². The van der Waals surface area contributed by atoms with Gasteiger partial charge in [0.25, 0.3) is 0 Å². The van der Waals surface area contributed by atoms with E-state index in [2.05, 4.69) is 15.9 Å². The van der Waals surface area contributed by atoms with Gasteiger partial charge in [-0.15, -0.1) is 0 Å². The van der Waals surface area contributed by atoms with Gasteiger partial charge in [0, 0.05) is 22.5 Å². The Kier molecular flexibility index (Phi) is 3.40. The second kappa shape index (κ2) is 5.21. The van der Waals surface area contributed by atoms with Gasteiger partial charge in [-0.1, -0.05) is 40.2 Å². The normalized spacial score (nSPS) is 10.9. The van der Waals surface area contributed by atoms with Crippen LogP contribution in [0.4, 0.5) is 4.39 Å². The summed E-state index contributed by atoms with van der Waals surface area (Å²) in [6.45, 7) is 0. The van der Waals surface area contributed by atoms with Crippen LogP contribution in [0.1, 0.15) is 5.56 Å². The molecule has 0 saturated carbocycles. The summed E-state index contributed by atoms with van der Waals surface area (Å²) in [5.74, 6) is 0.00872. The van der Waals surface area contributed by atoms with Gasteiger partial charge in [0.05, 0.1) is 5.39 Å². The molecule has 0 saturated heterocycles. The maximum absolute atomic E-state index is 13.3. The van der Waals surface area contributed by atoms with E-state index in [1.54, 1.807) is 18.2 Å². The van der Waals surface area contributed by atoms with Crippen LogP contribution in [0, 0.1) is 5.82 Å². The average molecular weight is 333 g/mol. The molecule has 1 aromatic heterocycles. The molecule has 3 aromatic rings.